The minimum Gasteiger partial charge on any atom is -0.478 e. The molecule has 5 heteroatoms. The molecule has 0 radical (unpaired) electrons. The Labute approximate surface area is 102 Å². The number of carboxylic acid groups (broad SMARTS) is 1. The summed E-state index contributed by atoms with van der Waals surface area (Å²) in [6.07, 6.45) is 1.29. The molecule has 0 saturated carbocycles. The van der Waals surface area contributed by atoms with E-state index in [1.165, 1.54) is 36.5 Å². The molecular formula is C13H7FN2O2. The van der Waals surface area contributed by atoms with E-state index in [4.69, 9.17) is 10.4 Å². The van der Waals surface area contributed by atoms with Crippen LogP contribution in [-0.4, -0.2) is 16.1 Å². The van der Waals surface area contributed by atoms with Crippen LogP contribution in [0.5, 0.6) is 0 Å². The highest BCUT2D eigenvalue weighted by atomic mass is 19.1. The van der Waals surface area contributed by atoms with E-state index < -0.39 is 11.8 Å². The molecule has 0 unspecified atom stereocenters. The van der Waals surface area contributed by atoms with Gasteiger partial charge in [0.05, 0.1) is 16.8 Å². The number of carboxylic acids is 1. The molecule has 4 nitrogen and oxygen atoms in total. The average molecular weight is 242 g/mol. The maximum absolute atomic E-state index is 13.9. The highest BCUT2D eigenvalue weighted by Crippen LogP contribution is 2.23. The Morgan fingerprint density at radius 2 is 2.17 bits per heavy atom. The predicted molar refractivity (Wildman–Crippen MR) is 61.3 cm³/mol. The molecule has 2 rings (SSSR count). The van der Waals surface area contributed by atoms with Gasteiger partial charge >= 0.3 is 5.97 Å². The molecule has 0 atom stereocenters. The van der Waals surface area contributed by atoms with Crippen molar-refractivity contribution in [1.82, 2.24) is 4.98 Å². The van der Waals surface area contributed by atoms with E-state index in [9.17, 15) is 9.18 Å². The van der Waals surface area contributed by atoms with E-state index in [0.717, 1.165) is 0 Å². The van der Waals surface area contributed by atoms with E-state index in [1.54, 1.807) is 6.07 Å². The number of carbonyl (C=O) groups is 1. The lowest BCUT2D eigenvalue weighted by molar-refractivity contribution is 0.0697. The monoisotopic (exact) mass is 242 g/mol. The quantitative estimate of drug-likeness (QED) is 0.877. The highest BCUT2D eigenvalue weighted by Gasteiger charge is 2.12. The number of halogens is 1. The van der Waals surface area contributed by atoms with Crippen LogP contribution in [0, 0.1) is 17.1 Å². The van der Waals surface area contributed by atoms with Gasteiger partial charge in [-0.2, -0.15) is 5.26 Å². The summed E-state index contributed by atoms with van der Waals surface area (Å²) in [5.41, 5.74) is 0.207. The van der Waals surface area contributed by atoms with Crippen LogP contribution in [0.1, 0.15) is 15.9 Å². The lowest BCUT2D eigenvalue weighted by Gasteiger charge is -2.04. The van der Waals surface area contributed by atoms with Crippen LogP contribution < -0.4 is 0 Å². The molecule has 0 bridgehead atoms. The molecule has 0 aliphatic rings. The van der Waals surface area contributed by atoms with Crippen LogP contribution in [0.3, 0.4) is 0 Å². The van der Waals surface area contributed by atoms with Crippen LogP contribution in [0.25, 0.3) is 11.3 Å². The van der Waals surface area contributed by atoms with Crippen LogP contribution in [0.4, 0.5) is 4.39 Å². The number of nitriles is 1. The summed E-state index contributed by atoms with van der Waals surface area (Å²) < 4.78 is 13.9. The zero-order chi connectivity index (χ0) is 13.1. The maximum atomic E-state index is 13.9. The Kier molecular flexibility index (Phi) is 3.02. The van der Waals surface area contributed by atoms with Gasteiger partial charge in [-0.25, -0.2) is 9.18 Å². The summed E-state index contributed by atoms with van der Waals surface area (Å²) in [6.45, 7) is 0. The Morgan fingerprint density at radius 1 is 1.39 bits per heavy atom. The first-order valence-electron chi connectivity index (χ1n) is 5.02. The number of pyridine rings is 1. The van der Waals surface area contributed by atoms with Crippen LogP contribution in [-0.2, 0) is 0 Å². The van der Waals surface area contributed by atoms with Gasteiger partial charge in [0, 0.05) is 11.8 Å². The highest BCUT2D eigenvalue weighted by molar-refractivity contribution is 5.88. The molecule has 0 aliphatic heterocycles. The van der Waals surface area contributed by atoms with Crippen molar-refractivity contribution in [2.45, 2.75) is 0 Å². The largest absolute Gasteiger partial charge is 0.478 e. The summed E-state index contributed by atoms with van der Waals surface area (Å²) in [5, 5.41) is 17.6. The van der Waals surface area contributed by atoms with Gasteiger partial charge in [0.2, 0.25) is 0 Å². The zero-order valence-electron chi connectivity index (χ0n) is 9.09. The van der Waals surface area contributed by atoms with E-state index in [2.05, 4.69) is 4.98 Å². The fourth-order valence-corrected chi connectivity index (χ4v) is 1.53. The zero-order valence-corrected chi connectivity index (χ0v) is 9.09. The molecule has 1 heterocycles. The molecule has 18 heavy (non-hydrogen) atoms. The van der Waals surface area contributed by atoms with Gasteiger partial charge in [0.1, 0.15) is 11.9 Å². The first kappa shape index (κ1) is 11.7. The van der Waals surface area contributed by atoms with Crippen molar-refractivity contribution in [1.29, 1.82) is 5.26 Å². The van der Waals surface area contributed by atoms with Gasteiger partial charge in [-0.15, -0.1) is 0 Å². The van der Waals surface area contributed by atoms with Gasteiger partial charge in [-0.05, 0) is 24.3 Å². The molecule has 0 spiro atoms. The van der Waals surface area contributed by atoms with E-state index in [-0.39, 0.29) is 22.4 Å². The third-order valence-corrected chi connectivity index (χ3v) is 2.40. The third-order valence-electron chi connectivity index (χ3n) is 2.40. The van der Waals surface area contributed by atoms with Crippen molar-refractivity contribution in [3.05, 3.63) is 53.5 Å². The molecule has 2 aromatic rings. The van der Waals surface area contributed by atoms with Crippen LogP contribution in [0.15, 0.2) is 36.5 Å². The Hall–Kier alpha value is -2.74. The van der Waals surface area contributed by atoms with Crippen molar-refractivity contribution in [2.24, 2.45) is 0 Å². The van der Waals surface area contributed by atoms with Gasteiger partial charge in [-0.1, -0.05) is 6.07 Å². The second kappa shape index (κ2) is 4.63. The van der Waals surface area contributed by atoms with Gasteiger partial charge < -0.3 is 5.11 Å². The minimum atomic E-state index is -1.12. The topological polar surface area (TPSA) is 74.0 Å². The first-order chi connectivity index (χ1) is 8.63. The first-order valence-corrected chi connectivity index (χ1v) is 5.02. The molecule has 0 aliphatic carbocycles. The number of rotatable bonds is 2. The van der Waals surface area contributed by atoms with Crippen molar-refractivity contribution in [3.8, 4) is 17.3 Å². The third kappa shape index (κ3) is 2.04. The number of aromatic nitrogens is 1. The summed E-state index contributed by atoms with van der Waals surface area (Å²) in [7, 11) is 0. The summed E-state index contributed by atoms with van der Waals surface area (Å²) in [4.78, 5) is 14.7. The molecule has 1 aromatic heterocycles. The van der Waals surface area contributed by atoms with E-state index >= 15 is 0 Å². The van der Waals surface area contributed by atoms with Crippen molar-refractivity contribution in [3.63, 3.8) is 0 Å². The van der Waals surface area contributed by atoms with E-state index in [1.807, 2.05) is 0 Å². The Bertz CT molecular complexity index is 662. The SMILES string of the molecule is N#Cc1cccc(-c2cc(C(=O)O)ccn2)c1F. The van der Waals surface area contributed by atoms with Crippen molar-refractivity contribution in [2.75, 3.05) is 0 Å². The maximum Gasteiger partial charge on any atom is 0.335 e. The molecular weight excluding hydrogens is 235 g/mol. The molecule has 0 saturated heterocycles. The number of hydrogen-bond acceptors (Lipinski definition) is 3. The number of hydrogen-bond donors (Lipinski definition) is 1. The molecule has 0 amide bonds. The number of benzene rings is 1. The van der Waals surface area contributed by atoms with Gasteiger partial charge in [0.25, 0.3) is 0 Å². The number of nitrogens with zero attached hydrogens (tertiary/aromatic N) is 2. The van der Waals surface area contributed by atoms with Crippen molar-refractivity contribution >= 4 is 5.97 Å². The van der Waals surface area contributed by atoms with E-state index in [0.29, 0.717) is 0 Å². The molecule has 1 N–H and O–H groups in total. The smallest absolute Gasteiger partial charge is 0.335 e. The lowest BCUT2D eigenvalue weighted by Crippen LogP contribution is -1.98. The van der Waals surface area contributed by atoms with Crippen LogP contribution >= 0.6 is 0 Å². The summed E-state index contributed by atoms with van der Waals surface area (Å²) >= 11 is 0. The standard InChI is InChI=1S/C13H7FN2O2/c14-12-9(7-15)2-1-3-10(12)11-6-8(13(17)18)4-5-16-11/h1-6H,(H,17,18). The van der Waals surface area contributed by atoms with Gasteiger partial charge in [-0.3, -0.25) is 4.98 Å². The fraction of sp³-hybridized carbons (Fsp3) is 0. The summed E-state index contributed by atoms with van der Waals surface area (Å²) in [5.74, 6) is -1.81. The second-order valence-corrected chi connectivity index (χ2v) is 3.51. The van der Waals surface area contributed by atoms with Gasteiger partial charge in [0.15, 0.2) is 0 Å². The fourth-order valence-electron chi connectivity index (χ4n) is 1.53. The minimum absolute atomic E-state index is 0.0155. The Balaban J connectivity index is 2.59. The molecule has 0 fully saturated rings. The second-order valence-electron chi connectivity index (χ2n) is 3.51. The molecule has 1 aromatic carbocycles. The predicted octanol–water partition coefficient (Wildman–Crippen LogP) is 2.46. The number of aromatic carboxylic acids is 1. The normalized spacial score (nSPS) is 9.78. The summed E-state index contributed by atoms with van der Waals surface area (Å²) in [6, 6.07) is 8.62. The average Bonchev–Trinajstić information content (AvgIpc) is 2.39. The van der Waals surface area contributed by atoms with Crippen LogP contribution in [0.2, 0.25) is 0 Å². The molecule has 88 valence electrons. The Morgan fingerprint density at radius 3 is 2.83 bits per heavy atom. The van der Waals surface area contributed by atoms with Crippen molar-refractivity contribution < 1.29 is 14.3 Å². The lowest BCUT2D eigenvalue weighted by atomic mass is 10.1.